The molecule has 1 aliphatic rings. The first-order valence-electron chi connectivity index (χ1n) is 26.2. The number of para-hydroxylation sites is 2. The number of nitrogens with zero attached hydrogens (tertiary/aromatic N) is 2. The van der Waals surface area contributed by atoms with Crippen molar-refractivity contribution in [3.05, 3.63) is 332 Å². The van der Waals surface area contributed by atoms with Crippen molar-refractivity contribution in [3.63, 3.8) is 0 Å². The first kappa shape index (κ1) is 46.1. The fourth-order valence-corrected chi connectivity index (χ4v) is 11.7. The molecule has 1 atom stereocenters. The maximum atomic E-state index is 4.99. The highest BCUT2D eigenvalue weighted by molar-refractivity contribution is 6.10. The minimum atomic E-state index is -0.682. The standard InChI is InChI=1S/C74H54N2/c1-52(54-23-7-3-8-24-54)21-19-22-53(2)74(61-30-20-29-59(49-61)56-27-11-5-12-28-56)70-35-17-15-33-66(70)68-51-65(46-47-71(68)74)75(63-42-37-57(38-43-63)55-25-9-4-10-26-55)64-44-39-58(40-45-64)60-41-48-73-69(50-60)67-34-16-18-36-72(67)76(73)62-31-13-6-14-32-62/h3-51H,2H2,1H3/b22-19-,52-21+. The van der Waals surface area contributed by atoms with Crippen molar-refractivity contribution in [1.29, 1.82) is 0 Å². The molecule has 0 fully saturated rings. The Morgan fingerprint density at radius 3 is 1.63 bits per heavy atom. The van der Waals surface area contributed by atoms with Crippen LogP contribution in [0, 0.1) is 0 Å². The first-order valence-corrected chi connectivity index (χ1v) is 26.2. The third-order valence-corrected chi connectivity index (χ3v) is 15.4. The number of anilines is 3. The van der Waals surface area contributed by atoms with Gasteiger partial charge in [-0.1, -0.05) is 231 Å². The van der Waals surface area contributed by atoms with Crippen molar-refractivity contribution >= 4 is 44.4 Å². The van der Waals surface area contributed by atoms with Crippen molar-refractivity contribution in [3.8, 4) is 50.2 Å². The van der Waals surface area contributed by atoms with E-state index in [1.165, 1.54) is 88.6 Å². The van der Waals surface area contributed by atoms with Crippen molar-refractivity contribution < 1.29 is 0 Å². The van der Waals surface area contributed by atoms with Gasteiger partial charge in [0.05, 0.1) is 16.4 Å². The molecule has 360 valence electrons. The fourth-order valence-electron chi connectivity index (χ4n) is 11.7. The van der Waals surface area contributed by atoms with Gasteiger partial charge in [0.25, 0.3) is 0 Å². The molecule has 13 rings (SSSR count). The Labute approximate surface area is 445 Å². The summed E-state index contributed by atoms with van der Waals surface area (Å²) in [4.78, 5) is 2.40. The summed E-state index contributed by atoms with van der Waals surface area (Å²) < 4.78 is 2.37. The van der Waals surface area contributed by atoms with Crippen LogP contribution in [0.2, 0.25) is 0 Å². The topological polar surface area (TPSA) is 8.17 Å². The molecule has 12 aromatic rings. The van der Waals surface area contributed by atoms with E-state index in [1.54, 1.807) is 0 Å². The molecule has 0 spiro atoms. The molecular formula is C74H54N2. The average Bonchev–Trinajstić information content (AvgIpc) is 4.03. The minimum absolute atomic E-state index is 0.682. The lowest BCUT2D eigenvalue weighted by atomic mass is 9.67. The van der Waals surface area contributed by atoms with Gasteiger partial charge < -0.3 is 9.47 Å². The van der Waals surface area contributed by atoms with E-state index in [-0.39, 0.29) is 0 Å². The normalized spacial score (nSPS) is 14.0. The van der Waals surface area contributed by atoms with Crippen LogP contribution < -0.4 is 4.90 Å². The van der Waals surface area contributed by atoms with Crippen LogP contribution in [-0.2, 0) is 5.41 Å². The van der Waals surface area contributed by atoms with E-state index >= 15 is 0 Å². The number of fused-ring (bicyclic) bond motifs is 6. The van der Waals surface area contributed by atoms with E-state index in [2.05, 4.69) is 314 Å². The molecule has 0 N–H and O–H groups in total. The largest absolute Gasteiger partial charge is 0.310 e. The molecule has 2 nitrogen and oxygen atoms in total. The van der Waals surface area contributed by atoms with E-state index in [1.807, 2.05) is 0 Å². The van der Waals surface area contributed by atoms with Crippen LogP contribution in [0.5, 0.6) is 0 Å². The molecule has 0 saturated carbocycles. The Morgan fingerprint density at radius 1 is 0.408 bits per heavy atom. The van der Waals surface area contributed by atoms with Crippen LogP contribution in [-0.4, -0.2) is 4.57 Å². The molecule has 0 aliphatic heterocycles. The summed E-state index contributed by atoms with van der Waals surface area (Å²) >= 11 is 0. The molecule has 0 bridgehead atoms. The molecule has 1 heterocycles. The lowest BCUT2D eigenvalue weighted by molar-refractivity contribution is 0.770. The van der Waals surface area contributed by atoms with Crippen molar-refractivity contribution in [2.45, 2.75) is 12.3 Å². The van der Waals surface area contributed by atoms with Crippen LogP contribution in [0.4, 0.5) is 17.1 Å². The summed E-state index contributed by atoms with van der Waals surface area (Å²) in [7, 11) is 0. The lowest BCUT2D eigenvalue weighted by Gasteiger charge is -2.35. The van der Waals surface area contributed by atoms with Crippen LogP contribution >= 0.6 is 0 Å². The minimum Gasteiger partial charge on any atom is -0.310 e. The number of hydrogen-bond acceptors (Lipinski definition) is 1. The van der Waals surface area contributed by atoms with Crippen LogP contribution in [0.1, 0.15) is 29.2 Å². The second-order valence-corrected chi connectivity index (χ2v) is 19.8. The van der Waals surface area contributed by atoms with Gasteiger partial charge in [-0.25, -0.2) is 0 Å². The monoisotopic (exact) mass is 970 g/mol. The van der Waals surface area contributed by atoms with Crippen LogP contribution in [0.25, 0.3) is 77.6 Å². The highest BCUT2D eigenvalue weighted by atomic mass is 15.1. The molecule has 1 aromatic heterocycles. The molecule has 1 aliphatic carbocycles. The molecule has 1 unspecified atom stereocenters. The Hall–Kier alpha value is -9.76. The van der Waals surface area contributed by atoms with Crippen molar-refractivity contribution in [2.24, 2.45) is 0 Å². The van der Waals surface area contributed by atoms with Crippen LogP contribution in [0.3, 0.4) is 0 Å². The summed E-state index contributed by atoms with van der Waals surface area (Å²) in [5.74, 6) is 0. The summed E-state index contributed by atoms with van der Waals surface area (Å²) in [6.45, 7) is 7.16. The van der Waals surface area contributed by atoms with Gasteiger partial charge in [0, 0.05) is 33.5 Å². The SMILES string of the molecule is C=C(/C=C\C=C(/C)c1ccccc1)C1(c2cccc(-c3ccccc3)c2)c2ccccc2-c2cc(N(c3ccc(-c4ccccc4)cc3)c3ccc(-c4ccc5c(c4)c4ccccc4n5-c4ccccc4)cc3)ccc21. The predicted octanol–water partition coefficient (Wildman–Crippen LogP) is 19.8. The average molecular weight is 971 g/mol. The molecular weight excluding hydrogens is 917 g/mol. The van der Waals surface area contributed by atoms with Gasteiger partial charge in [0.2, 0.25) is 0 Å². The fraction of sp³-hybridized carbons (Fsp3) is 0.0270. The van der Waals surface area contributed by atoms with Crippen molar-refractivity contribution in [2.75, 3.05) is 4.90 Å². The van der Waals surface area contributed by atoms with Gasteiger partial charge in [0.15, 0.2) is 0 Å². The zero-order valence-electron chi connectivity index (χ0n) is 42.4. The second-order valence-electron chi connectivity index (χ2n) is 19.8. The Bertz CT molecular complexity index is 4150. The van der Waals surface area contributed by atoms with Gasteiger partial charge in [-0.3, -0.25) is 0 Å². The van der Waals surface area contributed by atoms with E-state index in [9.17, 15) is 0 Å². The lowest BCUT2D eigenvalue weighted by Crippen LogP contribution is -2.28. The highest BCUT2D eigenvalue weighted by Gasteiger charge is 2.46. The van der Waals surface area contributed by atoms with E-state index < -0.39 is 5.41 Å². The quantitative estimate of drug-likeness (QED) is 0.111. The third kappa shape index (κ3) is 8.09. The summed E-state index contributed by atoms with van der Waals surface area (Å²) in [5, 5.41) is 2.48. The van der Waals surface area contributed by atoms with E-state index in [4.69, 9.17) is 6.58 Å². The number of aromatic nitrogens is 1. The maximum Gasteiger partial charge on any atom is 0.0708 e. The summed E-state index contributed by atoms with van der Waals surface area (Å²) in [6, 6.07) is 101. The van der Waals surface area contributed by atoms with Crippen LogP contribution in [0.15, 0.2) is 309 Å². The zero-order valence-corrected chi connectivity index (χ0v) is 42.4. The summed E-state index contributed by atoms with van der Waals surface area (Å²) in [5.41, 5.74) is 22.5. The third-order valence-electron chi connectivity index (χ3n) is 15.4. The highest BCUT2D eigenvalue weighted by Crippen LogP contribution is 2.58. The van der Waals surface area contributed by atoms with Gasteiger partial charge in [-0.05, 0) is 158 Å². The zero-order chi connectivity index (χ0) is 51.0. The molecule has 76 heavy (non-hydrogen) atoms. The molecule has 0 radical (unpaired) electrons. The maximum absolute atomic E-state index is 4.99. The first-order chi connectivity index (χ1) is 37.5. The molecule has 0 saturated heterocycles. The second kappa shape index (κ2) is 19.6. The van der Waals surface area contributed by atoms with E-state index in [0.29, 0.717) is 0 Å². The Kier molecular flexibility index (Phi) is 11.9. The molecule has 11 aromatic carbocycles. The number of allylic oxidation sites excluding steroid dienone is 5. The number of rotatable bonds is 12. The van der Waals surface area contributed by atoms with Crippen molar-refractivity contribution in [1.82, 2.24) is 4.57 Å². The predicted molar refractivity (Wildman–Crippen MR) is 322 cm³/mol. The smallest absolute Gasteiger partial charge is 0.0708 e. The van der Waals surface area contributed by atoms with E-state index in [0.717, 1.165) is 33.9 Å². The van der Waals surface area contributed by atoms with Gasteiger partial charge in [-0.15, -0.1) is 0 Å². The molecule has 0 amide bonds. The number of benzene rings is 11. The van der Waals surface area contributed by atoms with Gasteiger partial charge in [-0.2, -0.15) is 0 Å². The Balaban J connectivity index is 0.947. The molecule has 2 heteroatoms. The van der Waals surface area contributed by atoms with Gasteiger partial charge >= 0.3 is 0 Å². The van der Waals surface area contributed by atoms with Gasteiger partial charge in [0.1, 0.15) is 0 Å². The summed E-state index contributed by atoms with van der Waals surface area (Å²) in [6.07, 6.45) is 6.60. The number of hydrogen-bond donors (Lipinski definition) is 0. The Morgan fingerprint density at radius 2 is 0.921 bits per heavy atom.